The summed E-state index contributed by atoms with van der Waals surface area (Å²) in [5.74, 6) is 0.846. The summed E-state index contributed by atoms with van der Waals surface area (Å²) in [6.45, 7) is 2.65. The molecule has 0 unspecified atom stereocenters. The summed E-state index contributed by atoms with van der Waals surface area (Å²) in [4.78, 5) is 5.68. The Morgan fingerprint density at radius 1 is 1.61 bits per heavy atom. The highest BCUT2D eigenvalue weighted by molar-refractivity contribution is 9.11. The lowest BCUT2D eigenvalue weighted by molar-refractivity contribution is 0.186. The third-order valence-electron chi connectivity index (χ3n) is 2.24. The molecule has 98 valence electrons. The number of nitrogens with one attached hydrogen (secondary N) is 1. The highest BCUT2D eigenvalue weighted by Crippen LogP contribution is 2.25. The van der Waals surface area contributed by atoms with Crippen molar-refractivity contribution < 1.29 is 4.74 Å². The molecule has 18 heavy (non-hydrogen) atoms. The lowest BCUT2D eigenvalue weighted by atomic mass is 10.3. The van der Waals surface area contributed by atoms with Gasteiger partial charge < -0.3 is 4.74 Å². The zero-order valence-electron chi connectivity index (χ0n) is 10.1. The SMILES string of the molecule is COC[C@@H](C)N=C1NN=C(c2ccc(Br)s2)CS1. The van der Waals surface area contributed by atoms with Crippen molar-refractivity contribution >= 4 is 49.9 Å². The van der Waals surface area contributed by atoms with Crippen LogP contribution in [-0.4, -0.2) is 36.4 Å². The summed E-state index contributed by atoms with van der Waals surface area (Å²) >= 11 is 6.82. The Balaban J connectivity index is 1.99. The minimum atomic E-state index is 0.151. The Labute approximate surface area is 123 Å². The summed E-state index contributed by atoms with van der Waals surface area (Å²) in [5.41, 5.74) is 4.07. The molecule has 1 N–H and O–H groups in total. The van der Waals surface area contributed by atoms with Gasteiger partial charge in [-0.15, -0.1) is 11.3 Å². The second-order valence-corrected chi connectivity index (χ2v) is 7.23. The van der Waals surface area contributed by atoms with E-state index in [1.54, 1.807) is 30.2 Å². The molecule has 0 aliphatic carbocycles. The average molecular weight is 348 g/mol. The van der Waals surface area contributed by atoms with Gasteiger partial charge in [-0.25, -0.2) is 0 Å². The van der Waals surface area contributed by atoms with Crippen LogP contribution in [0.2, 0.25) is 0 Å². The van der Waals surface area contributed by atoms with Crippen LogP contribution in [0.1, 0.15) is 11.8 Å². The molecule has 2 rings (SSSR count). The van der Waals surface area contributed by atoms with Crippen LogP contribution in [0.4, 0.5) is 0 Å². The molecule has 0 saturated heterocycles. The number of methoxy groups -OCH3 is 1. The molecule has 1 aromatic rings. The molecule has 0 spiro atoms. The second-order valence-electron chi connectivity index (χ2n) is 3.80. The van der Waals surface area contributed by atoms with Gasteiger partial charge in [-0.2, -0.15) is 5.10 Å². The summed E-state index contributed by atoms with van der Waals surface area (Å²) < 4.78 is 6.18. The molecular weight excluding hydrogens is 334 g/mol. The largest absolute Gasteiger partial charge is 0.382 e. The maximum absolute atomic E-state index is 5.05. The number of hydrogen-bond donors (Lipinski definition) is 1. The van der Waals surface area contributed by atoms with E-state index in [1.807, 2.05) is 13.0 Å². The third kappa shape index (κ3) is 3.81. The van der Waals surface area contributed by atoms with Crippen LogP contribution in [-0.2, 0) is 4.74 Å². The van der Waals surface area contributed by atoms with Crippen LogP contribution < -0.4 is 5.43 Å². The number of hydrogen-bond acceptors (Lipinski definition) is 5. The van der Waals surface area contributed by atoms with Gasteiger partial charge in [-0.3, -0.25) is 10.4 Å². The van der Waals surface area contributed by atoms with Gasteiger partial charge in [0.2, 0.25) is 0 Å². The van der Waals surface area contributed by atoms with Gasteiger partial charge in [0.1, 0.15) is 0 Å². The second kappa shape index (κ2) is 6.70. The maximum atomic E-state index is 5.05. The molecule has 0 fully saturated rings. The van der Waals surface area contributed by atoms with Gasteiger partial charge in [0, 0.05) is 12.9 Å². The van der Waals surface area contributed by atoms with E-state index in [0.717, 1.165) is 20.4 Å². The highest BCUT2D eigenvalue weighted by atomic mass is 79.9. The summed E-state index contributed by atoms with van der Waals surface area (Å²) in [6, 6.07) is 4.26. The normalized spacial score (nSPS) is 19.5. The van der Waals surface area contributed by atoms with E-state index < -0.39 is 0 Å². The van der Waals surface area contributed by atoms with Crippen LogP contribution in [0.3, 0.4) is 0 Å². The number of halogens is 1. The van der Waals surface area contributed by atoms with Gasteiger partial charge in [-0.05, 0) is 35.0 Å². The van der Waals surface area contributed by atoms with E-state index in [9.17, 15) is 0 Å². The van der Waals surface area contributed by atoms with Crippen molar-refractivity contribution in [2.24, 2.45) is 10.1 Å². The van der Waals surface area contributed by atoms with E-state index in [4.69, 9.17) is 4.74 Å². The van der Waals surface area contributed by atoms with Crippen LogP contribution in [0.25, 0.3) is 0 Å². The molecule has 0 saturated carbocycles. The molecule has 0 radical (unpaired) electrons. The van der Waals surface area contributed by atoms with Crippen molar-refractivity contribution in [3.8, 4) is 0 Å². The van der Waals surface area contributed by atoms with Gasteiger partial charge in [-0.1, -0.05) is 11.8 Å². The zero-order valence-corrected chi connectivity index (χ0v) is 13.4. The lowest BCUT2D eigenvalue weighted by Crippen LogP contribution is -2.26. The molecule has 0 aromatic carbocycles. The van der Waals surface area contributed by atoms with Crippen molar-refractivity contribution in [3.63, 3.8) is 0 Å². The van der Waals surface area contributed by atoms with E-state index >= 15 is 0 Å². The van der Waals surface area contributed by atoms with Crippen LogP contribution >= 0.6 is 39.0 Å². The molecule has 0 bridgehead atoms. The first-order valence-electron chi connectivity index (χ1n) is 5.47. The van der Waals surface area contributed by atoms with Crippen LogP contribution in [0, 0.1) is 0 Å². The Morgan fingerprint density at radius 2 is 2.44 bits per heavy atom. The van der Waals surface area contributed by atoms with E-state index in [-0.39, 0.29) is 6.04 Å². The topological polar surface area (TPSA) is 46.0 Å². The van der Waals surface area contributed by atoms with Crippen molar-refractivity contribution in [2.45, 2.75) is 13.0 Å². The van der Waals surface area contributed by atoms with Gasteiger partial charge >= 0.3 is 0 Å². The monoisotopic (exact) mass is 347 g/mol. The van der Waals surface area contributed by atoms with E-state index in [0.29, 0.717) is 6.61 Å². The first kappa shape index (κ1) is 14.0. The molecule has 1 aliphatic heterocycles. The molecular formula is C11H14BrN3OS2. The molecule has 1 atom stereocenters. The molecule has 0 amide bonds. The smallest absolute Gasteiger partial charge is 0.177 e. The lowest BCUT2D eigenvalue weighted by Gasteiger charge is -2.15. The average Bonchev–Trinajstić information content (AvgIpc) is 2.77. The quantitative estimate of drug-likeness (QED) is 0.910. The number of hydrazone groups is 1. The Hall–Kier alpha value is -0.370. The molecule has 4 nitrogen and oxygen atoms in total. The number of rotatable bonds is 4. The number of thioether (sulfide) groups is 1. The summed E-state index contributed by atoms with van der Waals surface area (Å²) in [6.07, 6.45) is 0. The number of thiophene rings is 1. The zero-order chi connectivity index (χ0) is 13.0. The van der Waals surface area contributed by atoms with Crippen molar-refractivity contribution in [2.75, 3.05) is 19.5 Å². The summed E-state index contributed by atoms with van der Waals surface area (Å²) in [7, 11) is 1.68. The van der Waals surface area contributed by atoms with Gasteiger partial charge in [0.05, 0.1) is 27.0 Å². The minimum absolute atomic E-state index is 0.151. The van der Waals surface area contributed by atoms with Gasteiger partial charge in [0.25, 0.3) is 0 Å². The molecule has 1 aromatic heterocycles. The Kier molecular flexibility index (Phi) is 5.23. The number of amidine groups is 1. The Morgan fingerprint density at radius 3 is 3.00 bits per heavy atom. The fourth-order valence-corrected chi connectivity index (χ4v) is 3.78. The maximum Gasteiger partial charge on any atom is 0.177 e. The number of nitrogens with zero attached hydrogens (tertiary/aromatic N) is 2. The van der Waals surface area contributed by atoms with E-state index in [2.05, 4.69) is 37.5 Å². The predicted molar refractivity (Wildman–Crippen MR) is 82.9 cm³/mol. The molecule has 2 heterocycles. The predicted octanol–water partition coefficient (Wildman–Crippen LogP) is 2.94. The van der Waals surface area contributed by atoms with Crippen molar-refractivity contribution in [1.29, 1.82) is 0 Å². The minimum Gasteiger partial charge on any atom is -0.382 e. The van der Waals surface area contributed by atoms with E-state index in [1.165, 1.54) is 4.88 Å². The number of ether oxygens (including phenoxy) is 1. The molecule has 7 heteroatoms. The molecule has 1 aliphatic rings. The first-order chi connectivity index (χ1) is 8.69. The third-order valence-corrected chi connectivity index (χ3v) is 4.80. The van der Waals surface area contributed by atoms with Crippen molar-refractivity contribution in [3.05, 3.63) is 20.8 Å². The first-order valence-corrected chi connectivity index (χ1v) is 8.06. The Bertz CT molecular complexity index is 473. The fourth-order valence-electron chi connectivity index (χ4n) is 1.46. The fraction of sp³-hybridized carbons (Fsp3) is 0.455. The van der Waals surface area contributed by atoms with Crippen molar-refractivity contribution in [1.82, 2.24) is 5.43 Å². The number of aliphatic imine (C=N–C) groups is 1. The standard InChI is InChI=1S/C11H14BrN3OS2/c1-7(5-16-2)13-11-15-14-8(6-17-11)9-3-4-10(12)18-9/h3-4,7H,5-6H2,1-2H3,(H,13,15)/t7-/m1/s1. The van der Waals surface area contributed by atoms with Gasteiger partial charge in [0.15, 0.2) is 5.17 Å². The summed E-state index contributed by atoms with van der Waals surface area (Å²) in [5, 5.41) is 5.23. The highest BCUT2D eigenvalue weighted by Gasteiger charge is 2.15. The van der Waals surface area contributed by atoms with Crippen LogP contribution in [0.15, 0.2) is 26.0 Å². The van der Waals surface area contributed by atoms with Crippen LogP contribution in [0.5, 0.6) is 0 Å².